The van der Waals surface area contributed by atoms with Gasteiger partial charge >= 0.3 is 0 Å². The number of nitriles is 1. The summed E-state index contributed by atoms with van der Waals surface area (Å²) in [6.45, 7) is 0. The molecule has 0 spiro atoms. The third-order valence-corrected chi connectivity index (χ3v) is 2.90. The number of nitrogens with zero attached hydrogens (tertiary/aromatic N) is 2. The average molecular weight is 308 g/mol. The molecule has 100 valence electrons. The van der Waals surface area contributed by atoms with Gasteiger partial charge < -0.3 is 5.32 Å². The van der Waals surface area contributed by atoms with E-state index in [0.717, 1.165) is 0 Å². The zero-order valence-electron chi connectivity index (χ0n) is 9.93. The first-order valence-corrected chi connectivity index (χ1v) is 6.17. The molecule has 0 bridgehead atoms. The number of nitrogens with one attached hydrogen (secondary N) is 1. The Bertz CT molecular complexity index is 706. The highest BCUT2D eigenvalue weighted by Crippen LogP contribution is 2.28. The second-order valence-electron chi connectivity index (χ2n) is 3.88. The number of nitro benzene ring substituents is 1. The molecule has 0 aliphatic rings. The van der Waals surface area contributed by atoms with Crippen LogP contribution in [0.4, 0.5) is 17.1 Å². The fraction of sp³-hybridized carbons (Fsp3) is 0. The van der Waals surface area contributed by atoms with Gasteiger partial charge in [0.05, 0.1) is 4.92 Å². The van der Waals surface area contributed by atoms with Crippen molar-refractivity contribution in [2.75, 3.05) is 5.32 Å². The Balaban J connectivity index is 2.37. The van der Waals surface area contributed by atoms with E-state index in [2.05, 4.69) is 5.32 Å². The maximum atomic E-state index is 10.9. The van der Waals surface area contributed by atoms with Crippen LogP contribution in [0.1, 0.15) is 5.56 Å². The monoisotopic (exact) mass is 307 g/mol. The lowest BCUT2D eigenvalue weighted by Crippen LogP contribution is -1.96. The summed E-state index contributed by atoms with van der Waals surface area (Å²) in [4.78, 5) is 10.3. The molecule has 2 aromatic rings. The van der Waals surface area contributed by atoms with Gasteiger partial charge in [-0.2, -0.15) is 5.26 Å². The maximum absolute atomic E-state index is 10.9. The van der Waals surface area contributed by atoms with Crippen LogP contribution in [0.3, 0.4) is 0 Å². The van der Waals surface area contributed by atoms with E-state index in [-0.39, 0.29) is 11.3 Å². The summed E-state index contributed by atoms with van der Waals surface area (Å²) in [5.74, 6) is 0. The zero-order valence-corrected chi connectivity index (χ0v) is 11.4. The number of nitro groups is 1. The van der Waals surface area contributed by atoms with Crippen molar-refractivity contribution in [3.63, 3.8) is 0 Å². The van der Waals surface area contributed by atoms with Crippen LogP contribution in [0.15, 0.2) is 36.4 Å². The van der Waals surface area contributed by atoms with E-state index in [1.807, 2.05) is 0 Å². The number of hydrogen-bond donors (Lipinski definition) is 1. The highest BCUT2D eigenvalue weighted by Gasteiger charge is 2.14. The molecular formula is C13H7Cl2N3O2. The number of halogens is 2. The Hall–Kier alpha value is -2.29. The Morgan fingerprint density at radius 1 is 1.10 bits per heavy atom. The van der Waals surface area contributed by atoms with Gasteiger partial charge in [0, 0.05) is 27.5 Å². The van der Waals surface area contributed by atoms with Crippen LogP contribution in [0.2, 0.25) is 10.0 Å². The predicted molar refractivity (Wildman–Crippen MR) is 77.6 cm³/mol. The number of rotatable bonds is 3. The van der Waals surface area contributed by atoms with Crippen molar-refractivity contribution in [1.82, 2.24) is 0 Å². The smallest absolute Gasteiger partial charge is 0.289 e. The lowest BCUT2D eigenvalue weighted by molar-refractivity contribution is -0.385. The topological polar surface area (TPSA) is 79.0 Å². The molecule has 0 aliphatic heterocycles. The number of hydrogen-bond acceptors (Lipinski definition) is 4. The van der Waals surface area contributed by atoms with E-state index < -0.39 is 4.92 Å². The van der Waals surface area contributed by atoms with Crippen LogP contribution in [0.25, 0.3) is 0 Å². The molecule has 0 saturated carbocycles. The summed E-state index contributed by atoms with van der Waals surface area (Å²) in [5.41, 5.74) is 0.811. The zero-order chi connectivity index (χ0) is 14.7. The lowest BCUT2D eigenvalue weighted by Gasteiger charge is -2.07. The van der Waals surface area contributed by atoms with Crippen molar-refractivity contribution < 1.29 is 4.92 Å². The minimum Gasteiger partial charge on any atom is -0.355 e. The molecular weight excluding hydrogens is 301 g/mol. The first-order valence-electron chi connectivity index (χ1n) is 5.41. The minimum atomic E-state index is -0.602. The first kappa shape index (κ1) is 14.1. The molecule has 0 radical (unpaired) electrons. The summed E-state index contributed by atoms with van der Waals surface area (Å²) >= 11 is 11.7. The molecule has 2 aromatic carbocycles. The molecule has 20 heavy (non-hydrogen) atoms. The fourth-order valence-corrected chi connectivity index (χ4v) is 2.17. The Morgan fingerprint density at radius 2 is 1.75 bits per heavy atom. The van der Waals surface area contributed by atoms with Crippen LogP contribution in [-0.4, -0.2) is 4.92 Å². The van der Waals surface area contributed by atoms with E-state index in [1.165, 1.54) is 12.1 Å². The van der Waals surface area contributed by atoms with Gasteiger partial charge in [-0.3, -0.25) is 10.1 Å². The van der Waals surface area contributed by atoms with Crippen molar-refractivity contribution >= 4 is 40.3 Å². The summed E-state index contributed by atoms with van der Waals surface area (Å²) in [7, 11) is 0. The van der Waals surface area contributed by atoms with Crippen LogP contribution in [0.5, 0.6) is 0 Å². The van der Waals surface area contributed by atoms with Crippen LogP contribution < -0.4 is 5.32 Å². The second kappa shape index (κ2) is 5.78. The largest absolute Gasteiger partial charge is 0.355 e. The normalized spacial score (nSPS) is 9.85. The summed E-state index contributed by atoms with van der Waals surface area (Å²) in [6, 6.07) is 10.9. The fourth-order valence-electron chi connectivity index (χ4n) is 1.65. The number of anilines is 2. The van der Waals surface area contributed by atoms with E-state index >= 15 is 0 Å². The van der Waals surface area contributed by atoms with Gasteiger partial charge in [-0.15, -0.1) is 0 Å². The van der Waals surface area contributed by atoms with Gasteiger partial charge in [-0.05, 0) is 30.3 Å². The van der Waals surface area contributed by atoms with Crippen LogP contribution in [-0.2, 0) is 0 Å². The number of benzene rings is 2. The van der Waals surface area contributed by atoms with E-state index in [1.54, 1.807) is 30.3 Å². The highest BCUT2D eigenvalue weighted by molar-refractivity contribution is 6.35. The van der Waals surface area contributed by atoms with Gasteiger partial charge in [0.25, 0.3) is 5.69 Å². The molecule has 2 rings (SSSR count). The van der Waals surface area contributed by atoms with Gasteiger partial charge in [-0.25, -0.2) is 0 Å². The molecule has 0 aromatic heterocycles. The van der Waals surface area contributed by atoms with E-state index in [4.69, 9.17) is 28.5 Å². The molecule has 1 N–H and O–H groups in total. The molecule has 7 heteroatoms. The van der Waals surface area contributed by atoms with Crippen molar-refractivity contribution in [2.24, 2.45) is 0 Å². The summed E-state index contributed by atoms with van der Waals surface area (Å²) in [5, 5.41) is 23.5. The van der Waals surface area contributed by atoms with Crippen LogP contribution >= 0.6 is 23.2 Å². The molecule has 0 saturated heterocycles. The van der Waals surface area contributed by atoms with Gasteiger partial charge in [-0.1, -0.05) is 23.2 Å². The standard InChI is InChI=1S/C13H7Cl2N3O2/c14-9-3-10(15)5-12(4-9)17-11-2-1-8(7-16)13(6-11)18(19)20/h1-6,17H. The Morgan fingerprint density at radius 3 is 2.30 bits per heavy atom. The first-order chi connectivity index (χ1) is 9.49. The average Bonchev–Trinajstić information content (AvgIpc) is 2.37. The van der Waals surface area contributed by atoms with Crippen molar-refractivity contribution in [3.05, 3.63) is 62.1 Å². The maximum Gasteiger partial charge on any atom is 0.289 e. The van der Waals surface area contributed by atoms with Gasteiger partial charge in [0.1, 0.15) is 11.6 Å². The third kappa shape index (κ3) is 3.18. The summed E-state index contributed by atoms with van der Waals surface area (Å²) in [6.07, 6.45) is 0. The van der Waals surface area contributed by atoms with Crippen molar-refractivity contribution in [2.45, 2.75) is 0 Å². The molecule has 0 aliphatic carbocycles. The van der Waals surface area contributed by atoms with E-state index in [0.29, 0.717) is 21.4 Å². The SMILES string of the molecule is N#Cc1ccc(Nc2cc(Cl)cc(Cl)c2)cc1[N+](=O)[O-]. The molecule has 5 nitrogen and oxygen atoms in total. The Kier molecular flexibility index (Phi) is 4.08. The lowest BCUT2D eigenvalue weighted by atomic mass is 10.1. The van der Waals surface area contributed by atoms with Crippen molar-refractivity contribution in [3.8, 4) is 6.07 Å². The van der Waals surface area contributed by atoms with Gasteiger partial charge in [0.15, 0.2) is 0 Å². The predicted octanol–water partition coefficient (Wildman–Crippen LogP) is 4.52. The quantitative estimate of drug-likeness (QED) is 0.668. The van der Waals surface area contributed by atoms with Gasteiger partial charge in [0.2, 0.25) is 0 Å². The summed E-state index contributed by atoms with van der Waals surface area (Å²) < 4.78 is 0. The van der Waals surface area contributed by atoms with Crippen LogP contribution in [0, 0.1) is 21.4 Å². The molecule has 0 fully saturated rings. The molecule has 0 atom stereocenters. The highest BCUT2D eigenvalue weighted by atomic mass is 35.5. The molecule has 0 heterocycles. The third-order valence-electron chi connectivity index (χ3n) is 2.47. The van der Waals surface area contributed by atoms with E-state index in [9.17, 15) is 10.1 Å². The Labute approximate surface area is 124 Å². The van der Waals surface area contributed by atoms with Crippen molar-refractivity contribution in [1.29, 1.82) is 5.26 Å². The molecule has 0 amide bonds. The molecule has 0 unspecified atom stereocenters. The second-order valence-corrected chi connectivity index (χ2v) is 4.76. The minimum absolute atomic E-state index is 0.00433.